The fraction of sp³-hybridized carbons (Fsp3) is 0.583. The van der Waals surface area contributed by atoms with Crippen molar-refractivity contribution >= 4 is 29.2 Å². The molecule has 4 aliphatic rings. The highest BCUT2D eigenvalue weighted by Gasteiger charge is 2.57. The van der Waals surface area contributed by atoms with E-state index in [1.807, 2.05) is 0 Å². The van der Waals surface area contributed by atoms with E-state index in [0.29, 0.717) is 15.9 Å². The van der Waals surface area contributed by atoms with Crippen LogP contribution in [0.25, 0.3) is 0 Å². The molecule has 5 heterocycles. The van der Waals surface area contributed by atoms with Crippen LogP contribution in [-0.2, 0) is 19.9 Å². The summed E-state index contributed by atoms with van der Waals surface area (Å²) in [6.45, 7) is 2.21. The molecule has 1 aliphatic carbocycles. The first-order valence-electron chi connectivity index (χ1n) is 12.0. The Bertz CT molecular complexity index is 1070. The summed E-state index contributed by atoms with van der Waals surface area (Å²) in [5, 5.41) is 16.0. The van der Waals surface area contributed by atoms with Crippen LogP contribution in [0.4, 0.5) is 14.7 Å². The normalized spacial score (nSPS) is 30.1. The smallest absolute Gasteiger partial charge is 0.344 e. The summed E-state index contributed by atoms with van der Waals surface area (Å²) < 4.78 is 34.4. The fourth-order valence-electron chi connectivity index (χ4n) is 5.91. The van der Waals surface area contributed by atoms with Crippen LogP contribution in [0.3, 0.4) is 0 Å². The molecule has 4 fully saturated rings. The Balaban J connectivity index is 0.00000304. The molecule has 0 aromatic carbocycles. The molecule has 2 unspecified atom stereocenters. The van der Waals surface area contributed by atoms with Crippen LogP contribution in [0.2, 0.25) is 0 Å². The molecule has 6 rings (SSSR count). The fourth-order valence-corrected chi connectivity index (χ4v) is 6.80. The lowest BCUT2D eigenvalue weighted by atomic mass is 9.82. The molecular formula is C24H29BrF2N4O4S. The molecule has 8 nitrogen and oxygen atoms in total. The lowest BCUT2D eigenvalue weighted by Crippen LogP contribution is -3.00. The van der Waals surface area contributed by atoms with Crippen molar-refractivity contribution in [3.05, 3.63) is 40.8 Å². The van der Waals surface area contributed by atoms with Crippen molar-refractivity contribution in [3.63, 3.8) is 0 Å². The van der Waals surface area contributed by atoms with Crippen molar-refractivity contribution in [3.8, 4) is 0 Å². The molecule has 3 saturated heterocycles. The zero-order valence-corrected chi connectivity index (χ0v) is 22.0. The number of amides is 1. The van der Waals surface area contributed by atoms with E-state index in [1.165, 1.54) is 11.3 Å². The minimum absolute atomic E-state index is 0. The second-order valence-electron chi connectivity index (χ2n) is 10.1. The standard InChI is InChI=1S/C24H28F2N4O4S.BrH/c25-23(26)7-4-17(13-23)24(33,19-3-1-12-35-19)21(32)34-18-14-30(10-5-16(18)6-11-30)15-20(31)29-22-27-8-2-9-28-22;/h1-3,8-9,12,16-18,33H,4-7,10-11,13-15H2;1H/t16?,17?,18?,24-,30?;/m0./s1. The zero-order chi connectivity index (χ0) is 24.7. The number of aliphatic hydroxyl groups is 1. The quantitative estimate of drug-likeness (QED) is 0.349. The van der Waals surface area contributed by atoms with Crippen LogP contribution in [-0.4, -0.2) is 69.6 Å². The van der Waals surface area contributed by atoms with Gasteiger partial charge in [0, 0.05) is 54.8 Å². The highest BCUT2D eigenvalue weighted by Crippen LogP contribution is 2.49. The molecule has 0 spiro atoms. The van der Waals surface area contributed by atoms with Crippen molar-refractivity contribution in [2.24, 2.45) is 11.8 Å². The predicted molar refractivity (Wildman–Crippen MR) is 123 cm³/mol. The van der Waals surface area contributed by atoms with Crippen molar-refractivity contribution < 1.29 is 49.7 Å². The van der Waals surface area contributed by atoms with Crippen LogP contribution in [0.1, 0.15) is 37.0 Å². The van der Waals surface area contributed by atoms with E-state index in [-0.39, 0.29) is 54.1 Å². The third-order valence-corrected chi connectivity index (χ3v) is 8.79. The number of hydrogen-bond acceptors (Lipinski definition) is 7. The number of rotatable bonds is 7. The number of carbonyl (C=O) groups excluding carboxylic acids is 2. The summed E-state index contributed by atoms with van der Waals surface area (Å²) in [4.78, 5) is 34.6. The number of aromatic nitrogens is 2. The van der Waals surface area contributed by atoms with Gasteiger partial charge in [-0.1, -0.05) is 6.07 Å². The van der Waals surface area contributed by atoms with E-state index >= 15 is 0 Å². The van der Waals surface area contributed by atoms with Gasteiger partial charge in [-0.15, -0.1) is 11.3 Å². The van der Waals surface area contributed by atoms with Crippen molar-refractivity contribution in [1.82, 2.24) is 9.97 Å². The maximum absolute atomic E-state index is 14.0. The number of halogens is 3. The Labute approximate surface area is 222 Å². The molecule has 2 aromatic rings. The van der Waals surface area contributed by atoms with E-state index in [1.54, 1.807) is 36.0 Å². The minimum Gasteiger partial charge on any atom is -1.00 e. The number of ether oxygens (including phenoxy) is 1. The van der Waals surface area contributed by atoms with E-state index in [2.05, 4.69) is 15.3 Å². The number of hydrogen-bond donors (Lipinski definition) is 2. The van der Waals surface area contributed by atoms with Crippen molar-refractivity contribution in [1.29, 1.82) is 0 Å². The van der Waals surface area contributed by atoms with Crippen LogP contribution >= 0.6 is 11.3 Å². The number of carbonyl (C=O) groups is 2. The second kappa shape index (κ2) is 10.4. The first kappa shape index (κ1) is 27.0. The molecule has 2 N–H and O–H groups in total. The Morgan fingerprint density at radius 1 is 1.22 bits per heavy atom. The average Bonchev–Trinajstić information content (AvgIpc) is 3.50. The molecule has 196 valence electrons. The Hall–Kier alpha value is -2.02. The van der Waals surface area contributed by atoms with Gasteiger partial charge in [0.2, 0.25) is 11.9 Å². The maximum Gasteiger partial charge on any atom is 0.344 e. The number of fused-ring (bicyclic) bond motifs is 3. The SMILES string of the molecule is O=C(C[N+]12CCC(CC1)C(OC(=O)[C@@](O)(c1cccs1)C1CCC(F)(F)C1)C2)Nc1ncccn1.[Br-]. The van der Waals surface area contributed by atoms with Gasteiger partial charge in [-0.05, 0) is 23.9 Å². The molecule has 3 atom stereocenters. The molecule has 0 radical (unpaired) electrons. The first-order chi connectivity index (χ1) is 16.7. The number of nitrogens with one attached hydrogen (secondary N) is 1. The van der Waals surface area contributed by atoms with E-state index in [9.17, 15) is 23.5 Å². The third kappa shape index (κ3) is 5.32. The monoisotopic (exact) mass is 586 g/mol. The molecule has 2 bridgehead atoms. The summed E-state index contributed by atoms with van der Waals surface area (Å²) in [6, 6.07) is 4.95. The molecular weight excluding hydrogens is 558 g/mol. The first-order valence-corrected chi connectivity index (χ1v) is 12.8. The number of thiophene rings is 1. The highest BCUT2D eigenvalue weighted by molar-refractivity contribution is 7.10. The Kier molecular flexibility index (Phi) is 7.80. The molecule has 1 amide bonds. The summed E-state index contributed by atoms with van der Waals surface area (Å²) in [5.41, 5.74) is -2.10. The molecule has 1 saturated carbocycles. The van der Waals surface area contributed by atoms with Gasteiger partial charge in [0.25, 0.3) is 5.91 Å². The van der Waals surface area contributed by atoms with Gasteiger partial charge < -0.3 is 31.3 Å². The molecule has 12 heteroatoms. The van der Waals surface area contributed by atoms with Crippen LogP contribution < -0.4 is 22.3 Å². The number of piperidine rings is 3. The van der Waals surface area contributed by atoms with Gasteiger partial charge in [0.15, 0.2) is 18.2 Å². The predicted octanol–water partition coefficient (Wildman–Crippen LogP) is -0.0440. The second-order valence-corrected chi connectivity index (χ2v) is 11.0. The largest absolute Gasteiger partial charge is 1.00 e. The van der Waals surface area contributed by atoms with Crippen molar-refractivity contribution in [2.75, 3.05) is 31.5 Å². The van der Waals surface area contributed by atoms with Gasteiger partial charge in [0.1, 0.15) is 6.54 Å². The van der Waals surface area contributed by atoms with E-state index in [0.717, 1.165) is 25.9 Å². The number of quaternary nitrogens is 1. The molecule has 36 heavy (non-hydrogen) atoms. The molecule has 3 aliphatic heterocycles. The third-order valence-electron chi connectivity index (χ3n) is 7.80. The van der Waals surface area contributed by atoms with Gasteiger partial charge in [0.05, 0.1) is 13.1 Å². The van der Waals surface area contributed by atoms with Crippen LogP contribution in [0.15, 0.2) is 36.0 Å². The lowest BCUT2D eigenvalue weighted by molar-refractivity contribution is -0.939. The maximum atomic E-state index is 14.0. The Morgan fingerprint density at radius 2 is 1.94 bits per heavy atom. The molecule has 2 aromatic heterocycles. The number of alkyl halides is 2. The summed E-state index contributed by atoms with van der Waals surface area (Å²) in [6.07, 6.45) is 3.32. The number of anilines is 1. The number of esters is 1. The Morgan fingerprint density at radius 3 is 2.56 bits per heavy atom. The summed E-state index contributed by atoms with van der Waals surface area (Å²) in [5.74, 6) is -4.54. The van der Waals surface area contributed by atoms with Crippen molar-refractivity contribution in [2.45, 2.75) is 49.7 Å². The topological polar surface area (TPSA) is 101 Å². The van der Waals surface area contributed by atoms with E-state index < -0.39 is 35.9 Å². The van der Waals surface area contributed by atoms with Crippen LogP contribution in [0, 0.1) is 11.8 Å². The minimum atomic E-state index is -2.91. The van der Waals surface area contributed by atoms with Gasteiger partial charge in [-0.2, -0.15) is 0 Å². The van der Waals surface area contributed by atoms with E-state index in [4.69, 9.17) is 4.74 Å². The van der Waals surface area contributed by atoms with Gasteiger partial charge >= 0.3 is 5.97 Å². The number of nitrogens with zero attached hydrogens (tertiary/aromatic N) is 3. The highest BCUT2D eigenvalue weighted by atomic mass is 79.9. The zero-order valence-electron chi connectivity index (χ0n) is 19.6. The van der Waals surface area contributed by atoms with Gasteiger partial charge in [-0.25, -0.2) is 23.5 Å². The summed E-state index contributed by atoms with van der Waals surface area (Å²) >= 11 is 1.17. The summed E-state index contributed by atoms with van der Waals surface area (Å²) in [7, 11) is 0. The average molecular weight is 587 g/mol. The van der Waals surface area contributed by atoms with Crippen LogP contribution in [0.5, 0.6) is 0 Å². The lowest BCUT2D eigenvalue weighted by Gasteiger charge is -2.51. The van der Waals surface area contributed by atoms with Gasteiger partial charge in [-0.3, -0.25) is 10.1 Å².